The summed E-state index contributed by atoms with van der Waals surface area (Å²) in [7, 11) is -0.668. The minimum absolute atomic E-state index is 0. The van der Waals surface area contributed by atoms with Crippen LogP contribution >= 0.6 is 15.9 Å². The van der Waals surface area contributed by atoms with Gasteiger partial charge in [0.25, 0.3) is 0 Å². The lowest BCUT2D eigenvalue weighted by molar-refractivity contribution is 0.425. The molecule has 1 heterocycles. The Hall–Kier alpha value is -6.15. The van der Waals surface area contributed by atoms with Gasteiger partial charge >= 0.3 is 14.8 Å². The Bertz CT molecular complexity index is 3240. The predicted octanol–water partition coefficient (Wildman–Crippen LogP) is 12.3. The molecule has 12 rings (SSSR count). The third-order valence-corrected chi connectivity index (χ3v) is 13.8. The summed E-state index contributed by atoms with van der Waals surface area (Å²) >= 11 is 3.56. The second kappa shape index (κ2) is 16.8. The van der Waals surface area contributed by atoms with Crippen LogP contribution in [0.15, 0.2) is 174 Å². The van der Waals surface area contributed by atoms with E-state index in [-0.39, 0.29) is 18.3 Å². The lowest BCUT2D eigenvalue weighted by atomic mass is 9.79. The van der Waals surface area contributed by atoms with E-state index in [1.165, 1.54) is 61.2 Å². The van der Waals surface area contributed by atoms with Crippen LogP contribution in [0.3, 0.4) is 0 Å². The highest BCUT2D eigenvalue weighted by atomic mass is 79.9. The van der Waals surface area contributed by atoms with E-state index >= 15 is 0 Å². The molecule has 0 bridgehead atoms. The van der Waals surface area contributed by atoms with E-state index in [9.17, 15) is 0 Å². The Morgan fingerprint density at radius 3 is 1.78 bits per heavy atom. The number of hydrogen-bond acceptors (Lipinski definition) is 4. The fraction of sp³-hybridized carbons (Fsp3) is 0.143. The lowest BCUT2D eigenvalue weighted by Gasteiger charge is -2.22. The van der Waals surface area contributed by atoms with Crippen molar-refractivity contribution in [3.63, 3.8) is 0 Å². The zero-order chi connectivity index (χ0) is 43.6. The smallest absolute Gasteiger partial charge is 0.537 e. The van der Waals surface area contributed by atoms with E-state index < -0.39 is 7.12 Å². The lowest BCUT2D eigenvalue weighted by Crippen LogP contribution is -2.29. The topological polar surface area (TPSA) is 74.9 Å². The van der Waals surface area contributed by atoms with Crippen molar-refractivity contribution in [1.29, 1.82) is 0 Å². The van der Waals surface area contributed by atoms with Crippen molar-refractivity contribution in [2.24, 2.45) is 0 Å². The average Bonchev–Trinajstić information content (AvgIpc) is 3.97. The van der Waals surface area contributed by atoms with Crippen LogP contribution in [0.1, 0.15) is 68.5 Å². The number of para-hydroxylation sites is 1. The number of rotatable bonds is 4. The summed E-state index contributed by atoms with van der Waals surface area (Å²) in [5.74, 6) is 0.614. The molecule has 0 spiro atoms. The highest BCUT2D eigenvalue weighted by Gasteiger charge is 2.36. The fourth-order valence-corrected chi connectivity index (χ4v) is 10.5. The first-order chi connectivity index (χ1) is 30.4. The Labute approximate surface area is 385 Å². The Morgan fingerprint density at radius 2 is 1.09 bits per heavy atom. The average molecular weight is 902 g/mol. The van der Waals surface area contributed by atoms with Gasteiger partial charge in [-0.05, 0) is 127 Å². The van der Waals surface area contributed by atoms with Crippen LogP contribution in [0, 0.1) is 0 Å². The van der Waals surface area contributed by atoms with Crippen LogP contribution in [0.25, 0.3) is 60.9 Å². The summed E-state index contributed by atoms with van der Waals surface area (Å²) in [6.45, 7) is 9.21. The molecular formula is C56H49B2BrNO4. The van der Waals surface area contributed by atoms with Crippen LogP contribution in [0.5, 0.6) is 5.75 Å². The van der Waals surface area contributed by atoms with Gasteiger partial charge in [0, 0.05) is 31.8 Å². The van der Waals surface area contributed by atoms with Crippen LogP contribution in [0.2, 0.25) is 0 Å². The summed E-state index contributed by atoms with van der Waals surface area (Å²) < 4.78 is 8.70. The number of halogens is 1. The van der Waals surface area contributed by atoms with Crippen molar-refractivity contribution in [3.05, 3.63) is 208 Å². The van der Waals surface area contributed by atoms with E-state index in [2.05, 4.69) is 176 Å². The highest BCUT2D eigenvalue weighted by Crippen LogP contribution is 2.50. The van der Waals surface area contributed by atoms with Gasteiger partial charge in [-0.3, -0.25) is 0 Å². The number of benzene rings is 8. The first-order valence-corrected chi connectivity index (χ1v) is 22.1. The highest BCUT2D eigenvalue weighted by molar-refractivity contribution is 9.10. The van der Waals surface area contributed by atoms with Crippen LogP contribution < -0.4 is 10.1 Å². The minimum atomic E-state index is -1.39. The molecule has 0 fully saturated rings. The summed E-state index contributed by atoms with van der Waals surface area (Å²) in [6.07, 6.45) is 0.938. The zero-order valence-electron chi connectivity index (χ0n) is 35.6. The summed E-state index contributed by atoms with van der Waals surface area (Å²) in [6, 6.07) is 59.0. The Kier molecular flexibility index (Phi) is 11.3. The molecule has 0 atom stereocenters. The van der Waals surface area contributed by atoms with E-state index in [0.717, 1.165) is 51.6 Å². The second-order valence-electron chi connectivity index (χ2n) is 17.6. The van der Waals surface area contributed by atoms with Gasteiger partial charge in [0.2, 0.25) is 0 Å². The van der Waals surface area contributed by atoms with E-state index in [1.54, 1.807) is 6.07 Å². The van der Waals surface area contributed by atoms with Crippen LogP contribution in [-0.2, 0) is 17.3 Å². The maximum atomic E-state index is 9.16. The summed E-state index contributed by atoms with van der Waals surface area (Å²) in [4.78, 5) is 0. The van der Waals surface area contributed by atoms with Gasteiger partial charge in [0.15, 0.2) is 0 Å². The largest absolute Gasteiger partial charge is 0.569 e. The first kappa shape index (κ1) is 43.1. The normalized spacial score (nSPS) is 13.7. The molecule has 8 aromatic carbocycles. The number of hydrogen-bond donors (Lipinski definition) is 3. The summed E-state index contributed by atoms with van der Waals surface area (Å²) in [5.41, 5.74) is 19.9. The maximum Gasteiger partial charge on any atom is 0.569 e. The second-order valence-corrected chi connectivity index (χ2v) is 18.6. The van der Waals surface area contributed by atoms with Crippen molar-refractivity contribution < 1.29 is 19.7 Å². The monoisotopic (exact) mass is 900 g/mol. The molecule has 3 N–H and O–H groups in total. The third kappa shape index (κ3) is 7.19. The van der Waals surface area contributed by atoms with E-state index in [1.807, 2.05) is 36.4 Å². The molecule has 0 amide bonds. The third-order valence-electron chi connectivity index (χ3n) is 13.3. The number of aromatic nitrogens is 1. The van der Waals surface area contributed by atoms with Crippen molar-refractivity contribution in [1.82, 2.24) is 4.57 Å². The molecule has 8 heteroatoms. The molecule has 1 radical (unpaired) electrons. The van der Waals surface area contributed by atoms with E-state index in [4.69, 9.17) is 19.7 Å². The summed E-state index contributed by atoms with van der Waals surface area (Å²) in [5, 5.41) is 29.6. The van der Waals surface area contributed by atoms with Gasteiger partial charge in [-0.1, -0.05) is 172 Å². The SMILES string of the molecule is C.CC1(C)c2ccccc2-c2ccc(-n3c4ccccc4c4cc(O[B]O)ccc43)cc21.CC1(C)c2ccccc2-c2ccc(Br)cc21.OB(O)c1ccc2c(c1)-c1ccccc1C2. The molecule has 9 aromatic rings. The molecule has 3 aliphatic carbocycles. The van der Waals surface area contributed by atoms with Crippen molar-refractivity contribution >= 4 is 58.0 Å². The standard InChI is InChI=1S/C27H21BNO2.C15H13Br.C13H11BO2.CH4/c1-27(2)23-9-5-3-7-19(23)20-13-11-17(15-24(20)27)29-25-10-6-4-8-21(25)22-16-18(31-28-30)12-14-26(22)29;1-15(2)13-6-4-3-5-11(13)12-8-7-10(16)9-14(12)15;15-14(16)11-6-5-10-7-9-3-1-2-4-12(9)13(10)8-11;/h3-16,30H,1-2H3;3-9H,1-2H3;1-6,8,15-16H,7H2;1H4. The minimum Gasteiger partial charge on any atom is -0.537 e. The Balaban J connectivity index is 0.000000133. The van der Waals surface area contributed by atoms with E-state index in [0.29, 0.717) is 11.2 Å². The fourth-order valence-electron chi connectivity index (χ4n) is 10.2. The van der Waals surface area contributed by atoms with Crippen molar-refractivity contribution in [3.8, 4) is 44.8 Å². The molecule has 3 aliphatic rings. The van der Waals surface area contributed by atoms with Crippen LogP contribution in [-0.4, -0.2) is 34.4 Å². The van der Waals surface area contributed by atoms with Crippen molar-refractivity contribution in [2.45, 2.75) is 52.4 Å². The van der Waals surface area contributed by atoms with Gasteiger partial charge in [-0.25, -0.2) is 0 Å². The quantitative estimate of drug-likeness (QED) is 0.154. The molecule has 1 aromatic heterocycles. The van der Waals surface area contributed by atoms with Gasteiger partial charge in [0.05, 0.1) is 11.0 Å². The first-order valence-electron chi connectivity index (χ1n) is 21.3. The maximum absolute atomic E-state index is 9.16. The molecular weight excluding hydrogens is 852 g/mol. The van der Waals surface area contributed by atoms with Gasteiger partial charge in [-0.2, -0.15) is 0 Å². The molecule has 0 saturated carbocycles. The molecule has 0 unspecified atom stereocenters. The molecule has 315 valence electrons. The number of fused-ring (bicyclic) bond motifs is 12. The zero-order valence-corrected chi connectivity index (χ0v) is 37.2. The molecule has 0 saturated heterocycles. The van der Waals surface area contributed by atoms with Gasteiger partial charge in [-0.15, -0.1) is 0 Å². The number of nitrogens with zero attached hydrogens (tertiary/aromatic N) is 1. The Morgan fingerprint density at radius 1 is 0.531 bits per heavy atom. The molecule has 64 heavy (non-hydrogen) atoms. The van der Waals surface area contributed by atoms with Gasteiger partial charge < -0.3 is 24.3 Å². The van der Waals surface area contributed by atoms with Gasteiger partial charge in [0.1, 0.15) is 5.75 Å². The van der Waals surface area contributed by atoms with Crippen molar-refractivity contribution in [2.75, 3.05) is 0 Å². The molecule has 5 nitrogen and oxygen atoms in total. The predicted molar refractivity (Wildman–Crippen MR) is 270 cm³/mol. The molecule has 0 aliphatic heterocycles. The van der Waals surface area contributed by atoms with Crippen LogP contribution in [0.4, 0.5) is 0 Å².